The van der Waals surface area contributed by atoms with Gasteiger partial charge in [-0.05, 0) is 55.3 Å². The van der Waals surface area contributed by atoms with E-state index in [0.29, 0.717) is 33.9 Å². The number of ether oxygens (including phenoxy) is 2. The number of hydrogen-bond acceptors (Lipinski definition) is 8. The molecule has 8 nitrogen and oxygen atoms in total. The van der Waals surface area contributed by atoms with Crippen LogP contribution in [0.25, 0.3) is 5.76 Å². The summed E-state index contributed by atoms with van der Waals surface area (Å²) in [4.78, 5) is 45.2. The highest BCUT2D eigenvalue weighted by molar-refractivity contribution is 7.18. The van der Waals surface area contributed by atoms with Crippen molar-refractivity contribution in [3.05, 3.63) is 88.0 Å². The number of nitrogens with zero attached hydrogens (tertiary/aromatic N) is 2. The molecule has 1 N–H and O–H groups in total. The van der Waals surface area contributed by atoms with Gasteiger partial charge in [-0.2, -0.15) is 0 Å². The Balaban J connectivity index is 1.69. The Morgan fingerprint density at radius 2 is 2.08 bits per heavy atom. The van der Waals surface area contributed by atoms with E-state index in [0.717, 1.165) is 22.6 Å². The number of amides is 1. The topological polar surface area (TPSA) is 106 Å². The molecule has 2 aliphatic heterocycles. The van der Waals surface area contributed by atoms with Crippen LogP contribution in [0.15, 0.2) is 60.7 Å². The average molecular weight is 531 g/mol. The van der Waals surface area contributed by atoms with Gasteiger partial charge in [-0.1, -0.05) is 36.1 Å². The average Bonchev–Trinajstić information content (AvgIpc) is 3.54. The number of aryl methyl sites for hydroxylation is 1. The van der Waals surface area contributed by atoms with E-state index < -0.39 is 17.7 Å². The van der Waals surface area contributed by atoms with Crippen molar-refractivity contribution < 1.29 is 29.0 Å². The summed E-state index contributed by atoms with van der Waals surface area (Å²) in [5, 5.41) is 11.7. The fraction of sp³-hybridized carbons (Fsp3) is 0.241. The second kappa shape index (κ2) is 9.90. The van der Waals surface area contributed by atoms with E-state index in [-0.39, 0.29) is 35.0 Å². The van der Waals surface area contributed by atoms with Crippen LogP contribution in [-0.4, -0.2) is 40.3 Å². The van der Waals surface area contributed by atoms with Crippen molar-refractivity contribution in [1.29, 1.82) is 0 Å². The molecule has 2 aliphatic rings. The van der Waals surface area contributed by atoms with Crippen molar-refractivity contribution in [2.24, 2.45) is 0 Å². The van der Waals surface area contributed by atoms with Crippen LogP contribution in [0.5, 0.6) is 11.5 Å². The molecule has 5 rings (SSSR count). The summed E-state index contributed by atoms with van der Waals surface area (Å²) in [7, 11) is 0. The first-order valence-corrected chi connectivity index (χ1v) is 12.9. The summed E-state index contributed by atoms with van der Waals surface area (Å²) >= 11 is 1.04. The Labute approximate surface area is 223 Å². The lowest BCUT2D eigenvalue weighted by Gasteiger charge is -2.23. The minimum Gasteiger partial charge on any atom is -0.507 e. The molecule has 0 unspecified atom stereocenters. The van der Waals surface area contributed by atoms with Gasteiger partial charge in [-0.25, -0.2) is 4.98 Å². The standard InChI is InChI=1S/C29H26N2O6S/c1-5-11-36-21-8-6-7-18(14-21)24-23(25(33)19-9-10-22-20(13-19)12-15(2)37-22)26(34)28(35)31(24)29-30-16(3)27(38-29)17(4)32/h5-10,13-15,24,33H,1,11-12H2,2-4H3/t15-,24-/m1/s1. The molecule has 0 bridgehead atoms. The monoisotopic (exact) mass is 530 g/mol. The van der Waals surface area contributed by atoms with Crippen molar-refractivity contribution >= 4 is 39.7 Å². The van der Waals surface area contributed by atoms with E-state index in [2.05, 4.69) is 11.6 Å². The number of rotatable bonds is 7. The van der Waals surface area contributed by atoms with Crippen molar-refractivity contribution in [1.82, 2.24) is 4.98 Å². The van der Waals surface area contributed by atoms with Crippen LogP contribution in [0, 0.1) is 6.92 Å². The molecule has 1 amide bonds. The van der Waals surface area contributed by atoms with Gasteiger partial charge in [0.15, 0.2) is 10.9 Å². The van der Waals surface area contributed by atoms with Gasteiger partial charge < -0.3 is 14.6 Å². The largest absolute Gasteiger partial charge is 0.507 e. The Morgan fingerprint density at radius 1 is 1.29 bits per heavy atom. The maximum Gasteiger partial charge on any atom is 0.301 e. The summed E-state index contributed by atoms with van der Waals surface area (Å²) in [6, 6.07) is 11.2. The highest BCUT2D eigenvalue weighted by Gasteiger charge is 2.48. The van der Waals surface area contributed by atoms with E-state index in [1.807, 2.05) is 6.92 Å². The highest BCUT2D eigenvalue weighted by Crippen LogP contribution is 2.45. The lowest BCUT2D eigenvalue weighted by atomic mass is 9.94. The zero-order chi connectivity index (χ0) is 27.1. The molecule has 0 saturated carbocycles. The van der Waals surface area contributed by atoms with Gasteiger partial charge >= 0.3 is 5.91 Å². The van der Waals surface area contributed by atoms with Crippen molar-refractivity contribution in [3.8, 4) is 11.5 Å². The van der Waals surface area contributed by atoms with Crippen LogP contribution in [0.3, 0.4) is 0 Å². The second-order valence-electron chi connectivity index (χ2n) is 9.26. The molecule has 194 valence electrons. The lowest BCUT2D eigenvalue weighted by molar-refractivity contribution is -0.132. The Bertz CT molecular complexity index is 1520. The quantitative estimate of drug-likeness (QED) is 0.148. The molecule has 0 spiro atoms. The lowest BCUT2D eigenvalue weighted by Crippen LogP contribution is -2.29. The Morgan fingerprint density at radius 3 is 2.79 bits per heavy atom. The number of aromatic nitrogens is 1. The van der Waals surface area contributed by atoms with Gasteiger partial charge in [0, 0.05) is 18.9 Å². The summed E-state index contributed by atoms with van der Waals surface area (Å²) in [6.45, 7) is 9.00. The molecule has 9 heteroatoms. The summed E-state index contributed by atoms with van der Waals surface area (Å²) < 4.78 is 11.5. The first-order chi connectivity index (χ1) is 18.2. The number of carbonyl (C=O) groups excluding carboxylic acids is 3. The first kappa shape index (κ1) is 25.4. The van der Waals surface area contributed by atoms with Crippen molar-refractivity contribution in [3.63, 3.8) is 0 Å². The van der Waals surface area contributed by atoms with E-state index in [4.69, 9.17) is 9.47 Å². The molecular formula is C29H26N2O6S. The number of ketones is 2. The van der Waals surface area contributed by atoms with Crippen LogP contribution in [0.1, 0.15) is 51.9 Å². The Kier molecular flexibility index (Phi) is 6.62. The van der Waals surface area contributed by atoms with Crippen LogP contribution in [0.4, 0.5) is 5.13 Å². The zero-order valence-electron chi connectivity index (χ0n) is 21.2. The molecule has 1 saturated heterocycles. The number of Topliss-reactive ketones (excluding diaryl/α,β-unsaturated/α-hetero) is 2. The van der Waals surface area contributed by atoms with Gasteiger partial charge in [-0.15, -0.1) is 0 Å². The van der Waals surface area contributed by atoms with Gasteiger partial charge in [0.2, 0.25) is 0 Å². The molecule has 1 aromatic heterocycles. The molecule has 38 heavy (non-hydrogen) atoms. The van der Waals surface area contributed by atoms with Crippen molar-refractivity contribution in [2.45, 2.75) is 39.3 Å². The third-order valence-corrected chi connectivity index (χ3v) is 7.72. The SMILES string of the molecule is C=CCOc1cccc([C@@H]2C(=C(O)c3ccc4c(c3)C[C@@H](C)O4)C(=O)C(=O)N2c2nc(C)c(C(C)=O)s2)c1. The number of hydrogen-bond donors (Lipinski definition) is 1. The molecule has 3 heterocycles. The number of aliphatic hydroxyl groups excluding tert-OH is 1. The van der Waals surface area contributed by atoms with Gasteiger partial charge in [0.05, 0.1) is 22.2 Å². The normalized spacial score (nSPS) is 19.8. The van der Waals surface area contributed by atoms with Gasteiger partial charge in [-0.3, -0.25) is 19.3 Å². The number of carbonyl (C=O) groups is 3. The number of fused-ring (bicyclic) bond motifs is 1. The minimum absolute atomic E-state index is 0.00916. The number of thiazole rings is 1. The van der Waals surface area contributed by atoms with Crippen molar-refractivity contribution in [2.75, 3.05) is 11.5 Å². The second-order valence-corrected chi connectivity index (χ2v) is 10.2. The minimum atomic E-state index is -0.990. The fourth-order valence-electron chi connectivity index (χ4n) is 4.81. The molecule has 0 aliphatic carbocycles. The highest BCUT2D eigenvalue weighted by atomic mass is 32.1. The maximum atomic E-state index is 13.5. The maximum absolute atomic E-state index is 13.5. The zero-order valence-corrected chi connectivity index (χ0v) is 22.0. The summed E-state index contributed by atoms with van der Waals surface area (Å²) in [5.74, 6) is -0.919. The summed E-state index contributed by atoms with van der Waals surface area (Å²) in [6.07, 6.45) is 2.29. The van der Waals surface area contributed by atoms with E-state index >= 15 is 0 Å². The predicted molar refractivity (Wildman–Crippen MR) is 144 cm³/mol. The van der Waals surface area contributed by atoms with Crippen LogP contribution < -0.4 is 14.4 Å². The van der Waals surface area contributed by atoms with E-state index in [1.54, 1.807) is 55.5 Å². The first-order valence-electron chi connectivity index (χ1n) is 12.1. The van der Waals surface area contributed by atoms with Gasteiger partial charge in [0.1, 0.15) is 30.0 Å². The number of anilines is 1. The summed E-state index contributed by atoms with van der Waals surface area (Å²) in [5.41, 5.74) is 2.26. The Hall–Kier alpha value is -4.24. The molecule has 2 aromatic carbocycles. The van der Waals surface area contributed by atoms with Gasteiger partial charge in [0.25, 0.3) is 5.78 Å². The van der Waals surface area contributed by atoms with E-state index in [1.165, 1.54) is 11.8 Å². The van der Waals surface area contributed by atoms with Crippen LogP contribution >= 0.6 is 11.3 Å². The molecule has 3 aromatic rings. The molecule has 2 atom stereocenters. The van der Waals surface area contributed by atoms with Crippen LogP contribution in [-0.2, 0) is 16.0 Å². The smallest absolute Gasteiger partial charge is 0.301 e. The number of benzene rings is 2. The predicted octanol–water partition coefficient (Wildman–Crippen LogP) is 5.17. The fourth-order valence-corrected chi connectivity index (χ4v) is 5.80. The molecule has 0 radical (unpaired) electrons. The van der Waals surface area contributed by atoms with E-state index in [9.17, 15) is 19.5 Å². The van der Waals surface area contributed by atoms with Crippen LogP contribution in [0.2, 0.25) is 0 Å². The number of aliphatic hydroxyl groups is 1. The molecular weight excluding hydrogens is 504 g/mol. The third-order valence-electron chi connectivity index (χ3n) is 6.47. The molecule has 1 fully saturated rings. The third kappa shape index (κ3) is 4.39.